The summed E-state index contributed by atoms with van der Waals surface area (Å²) in [5.41, 5.74) is 3.84. The Morgan fingerprint density at radius 2 is 1.97 bits per heavy atom. The Balaban J connectivity index is 1.57. The van der Waals surface area contributed by atoms with Crippen molar-refractivity contribution >= 4 is 28.2 Å². The molecule has 0 bridgehead atoms. The van der Waals surface area contributed by atoms with E-state index in [0.717, 1.165) is 73.5 Å². The van der Waals surface area contributed by atoms with E-state index in [4.69, 9.17) is 4.74 Å². The smallest absolute Gasteiger partial charge is 0.261 e. The van der Waals surface area contributed by atoms with Crippen LogP contribution in [0.2, 0.25) is 0 Å². The van der Waals surface area contributed by atoms with Crippen molar-refractivity contribution in [2.45, 2.75) is 26.2 Å². The van der Waals surface area contributed by atoms with Crippen LogP contribution in [0.4, 0.5) is 11.4 Å². The molecule has 4 rings (SSSR count). The number of hydrogen-bond acceptors (Lipinski definition) is 5. The Kier molecular flexibility index (Phi) is 5.90. The number of rotatable bonds is 6. The maximum absolute atomic E-state index is 13.2. The van der Waals surface area contributed by atoms with Crippen molar-refractivity contribution in [3.8, 4) is 5.75 Å². The largest absolute Gasteiger partial charge is 0.507 e. The summed E-state index contributed by atoms with van der Waals surface area (Å²) >= 11 is 0. The molecule has 3 aromatic rings. The molecule has 2 N–H and O–H groups in total. The predicted octanol–water partition coefficient (Wildman–Crippen LogP) is 3.72. The van der Waals surface area contributed by atoms with Gasteiger partial charge in [-0.1, -0.05) is 13.3 Å². The summed E-state index contributed by atoms with van der Waals surface area (Å²) in [7, 11) is 1.73. The summed E-state index contributed by atoms with van der Waals surface area (Å²) in [4.78, 5) is 17.0. The Hall–Kier alpha value is -3.06. The van der Waals surface area contributed by atoms with Crippen LogP contribution in [0.25, 0.3) is 10.9 Å². The van der Waals surface area contributed by atoms with E-state index < -0.39 is 0 Å². The van der Waals surface area contributed by atoms with Gasteiger partial charge in [0.05, 0.1) is 30.0 Å². The maximum atomic E-state index is 13.2. The van der Waals surface area contributed by atoms with Crippen LogP contribution in [-0.2, 0) is 11.2 Å². The average molecular weight is 409 g/mol. The molecule has 0 spiro atoms. The second-order valence-corrected chi connectivity index (χ2v) is 7.67. The Bertz CT molecular complexity index is 1020. The third kappa shape index (κ3) is 3.98. The Labute approximate surface area is 176 Å². The number of anilines is 2. The zero-order valence-electron chi connectivity index (χ0n) is 17.5. The number of hydrogen-bond donors (Lipinski definition) is 2. The van der Waals surface area contributed by atoms with Gasteiger partial charge < -0.3 is 19.6 Å². The highest BCUT2D eigenvalue weighted by Crippen LogP contribution is 2.29. The quantitative estimate of drug-likeness (QED) is 0.650. The highest BCUT2D eigenvalue weighted by molar-refractivity contribution is 6.09. The standard InChI is InChI=1S/C23H28N4O3/c1-3-4-5-20-18-14-19(22(28)15-21(18)25-24-20)23(29)26(2)16-6-8-17(9-7-16)27-10-12-30-13-11-27/h6-9,14-15,28H,3-5,10-13H2,1-2H3,(H,24,25). The third-order valence-corrected chi connectivity index (χ3v) is 5.67. The summed E-state index contributed by atoms with van der Waals surface area (Å²) in [6, 6.07) is 11.2. The average Bonchev–Trinajstić information content (AvgIpc) is 3.18. The second-order valence-electron chi connectivity index (χ2n) is 7.67. The molecule has 0 aliphatic carbocycles. The maximum Gasteiger partial charge on any atom is 0.261 e. The molecule has 1 aliphatic heterocycles. The van der Waals surface area contributed by atoms with Gasteiger partial charge >= 0.3 is 0 Å². The van der Waals surface area contributed by atoms with Crippen LogP contribution in [0.1, 0.15) is 35.8 Å². The first-order valence-corrected chi connectivity index (χ1v) is 10.5. The number of nitrogens with zero attached hydrogens (tertiary/aromatic N) is 3. The van der Waals surface area contributed by atoms with Gasteiger partial charge in [0.2, 0.25) is 0 Å². The summed E-state index contributed by atoms with van der Waals surface area (Å²) in [5, 5.41) is 18.7. The van der Waals surface area contributed by atoms with E-state index in [1.54, 1.807) is 24.1 Å². The molecule has 0 unspecified atom stereocenters. The molecule has 0 saturated carbocycles. The predicted molar refractivity (Wildman–Crippen MR) is 119 cm³/mol. The van der Waals surface area contributed by atoms with Gasteiger partial charge in [-0.05, 0) is 43.2 Å². The number of fused-ring (bicyclic) bond motifs is 1. The van der Waals surface area contributed by atoms with Crippen LogP contribution >= 0.6 is 0 Å². The number of unbranched alkanes of at least 4 members (excludes halogenated alkanes) is 1. The van der Waals surface area contributed by atoms with E-state index >= 15 is 0 Å². The number of nitrogens with one attached hydrogen (secondary N) is 1. The first-order valence-electron chi connectivity index (χ1n) is 10.5. The number of morpholine rings is 1. The van der Waals surface area contributed by atoms with Crippen molar-refractivity contribution in [1.82, 2.24) is 10.2 Å². The second kappa shape index (κ2) is 8.75. The van der Waals surface area contributed by atoms with Gasteiger partial charge in [-0.25, -0.2) is 0 Å². The van der Waals surface area contributed by atoms with E-state index in [2.05, 4.69) is 22.0 Å². The van der Waals surface area contributed by atoms with E-state index in [1.807, 2.05) is 24.3 Å². The number of phenolic OH excluding ortho intramolecular Hbond substituents is 1. The summed E-state index contributed by atoms with van der Waals surface area (Å²) in [6.07, 6.45) is 2.94. The minimum absolute atomic E-state index is 0.0463. The summed E-state index contributed by atoms with van der Waals surface area (Å²) < 4.78 is 5.40. The number of ether oxygens (including phenoxy) is 1. The van der Waals surface area contributed by atoms with E-state index in [0.29, 0.717) is 0 Å². The van der Waals surface area contributed by atoms with Gasteiger partial charge in [0.1, 0.15) is 5.75 Å². The number of aryl methyl sites for hydroxylation is 1. The lowest BCUT2D eigenvalue weighted by molar-refractivity contribution is 0.0990. The number of aromatic amines is 1. The SMILES string of the molecule is CCCCc1n[nH]c2cc(O)c(C(=O)N(C)c3ccc(N4CCOCC4)cc3)cc12. The van der Waals surface area contributed by atoms with Gasteiger partial charge in [0, 0.05) is 43.0 Å². The number of benzene rings is 2. The zero-order valence-corrected chi connectivity index (χ0v) is 17.5. The number of carbonyl (C=O) groups excluding carboxylic acids is 1. The number of H-pyrrole nitrogens is 1. The van der Waals surface area contributed by atoms with Crippen LogP contribution in [0.15, 0.2) is 36.4 Å². The van der Waals surface area contributed by atoms with Crippen molar-refractivity contribution < 1.29 is 14.6 Å². The molecule has 2 heterocycles. The van der Waals surface area contributed by atoms with Crippen LogP contribution in [-0.4, -0.2) is 54.6 Å². The molecule has 2 aromatic carbocycles. The lowest BCUT2D eigenvalue weighted by Gasteiger charge is -2.29. The molecule has 1 aromatic heterocycles. The van der Waals surface area contributed by atoms with Crippen molar-refractivity contribution in [3.05, 3.63) is 47.7 Å². The molecule has 30 heavy (non-hydrogen) atoms. The van der Waals surface area contributed by atoms with Crippen LogP contribution < -0.4 is 9.80 Å². The lowest BCUT2D eigenvalue weighted by atomic mass is 10.1. The minimum Gasteiger partial charge on any atom is -0.507 e. The lowest BCUT2D eigenvalue weighted by Crippen LogP contribution is -2.36. The molecule has 7 nitrogen and oxygen atoms in total. The number of aromatic hydroxyl groups is 1. The third-order valence-electron chi connectivity index (χ3n) is 5.67. The molecular formula is C23H28N4O3. The van der Waals surface area contributed by atoms with Gasteiger partial charge in [0.25, 0.3) is 5.91 Å². The van der Waals surface area contributed by atoms with Crippen molar-refractivity contribution in [3.63, 3.8) is 0 Å². The molecule has 1 aliphatic rings. The fourth-order valence-corrected chi connectivity index (χ4v) is 3.82. The minimum atomic E-state index is -0.254. The fourth-order valence-electron chi connectivity index (χ4n) is 3.82. The topological polar surface area (TPSA) is 81.7 Å². The highest BCUT2D eigenvalue weighted by Gasteiger charge is 2.20. The molecule has 7 heteroatoms. The molecular weight excluding hydrogens is 380 g/mol. The molecule has 0 atom stereocenters. The molecule has 0 radical (unpaired) electrons. The monoisotopic (exact) mass is 408 g/mol. The summed E-state index contributed by atoms with van der Waals surface area (Å²) in [6.45, 7) is 5.33. The molecule has 1 saturated heterocycles. The number of carbonyl (C=O) groups is 1. The van der Waals surface area contributed by atoms with Crippen molar-refractivity contribution in [1.29, 1.82) is 0 Å². The van der Waals surface area contributed by atoms with E-state index in [9.17, 15) is 9.90 Å². The fraction of sp³-hybridized carbons (Fsp3) is 0.391. The molecule has 158 valence electrons. The Morgan fingerprint density at radius 1 is 1.23 bits per heavy atom. The number of aromatic nitrogens is 2. The first-order chi connectivity index (χ1) is 14.6. The Morgan fingerprint density at radius 3 is 2.67 bits per heavy atom. The number of phenols is 1. The normalized spacial score (nSPS) is 14.3. The van der Waals surface area contributed by atoms with Crippen LogP contribution in [0.5, 0.6) is 5.75 Å². The molecule has 1 amide bonds. The van der Waals surface area contributed by atoms with Crippen LogP contribution in [0, 0.1) is 0 Å². The van der Waals surface area contributed by atoms with Crippen molar-refractivity contribution in [2.75, 3.05) is 43.2 Å². The van der Waals surface area contributed by atoms with Crippen molar-refractivity contribution in [2.24, 2.45) is 0 Å². The zero-order chi connectivity index (χ0) is 21.1. The first kappa shape index (κ1) is 20.2. The van der Waals surface area contributed by atoms with Gasteiger partial charge in [-0.3, -0.25) is 9.89 Å². The highest BCUT2D eigenvalue weighted by atomic mass is 16.5. The van der Waals surface area contributed by atoms with Gasteiger partial charge in [-0.2, -0.15) is 5.10 Å². The van der Waals surface area contributed by atoms with E-state index in [1.165, 1.54) is 0 Å². The van der Waals surface area contributed by atoms with Crippen LogP contribution in [0.3, 0.4) is 0 Å². The molecule has 1 fully saturated rings. The van der Waals surface area contributed by atoms with E-state index in [-0.39, 0.29) is 17.2 Å². The van der Waals surface area contributed by atoms with Gasteiger partial charge in [-0.15, -0.1) is 0 Å². The van der Waals surface area contributed by atoms with Gasteiger partial charge in [0.15, 0.2) is 0 Å². The summed E-state index contributed by atoms with van der Waals surface area (Å²) in [5.74, 6) is -0.300. The number of amides is 1.